The van der Waals surface area contributed by atoms with Crippen molar-refractivity contribution < 1.29 is 13.9 Å². The smallest absolute Gasteiger partial charge is 0.165 e. The largest absolute Gasteiger partial charge is 0.488 e. The Kier molecular flexibility index (Phi) is 3.71. The maximum absolute atomic E-state index is 13.0. The summed E-state index contributed by atoms with van der Waals surface area (Å²) < 4.78 is 23.0. The van der Waals surface area contributed by atoms with E-state index in [4.69, 9.17) is 9.47 Å². The highest BCUT2D eigenvalue weighted by atomic mass is 19.1. The first-order chi connectivity index (χ1) is 6.24. The number of methoxy groups -OCH3 is 1. The topological polar surface area (TPSA) is 18.5 Å². The fourth-order valence-electron chi connectivity index (χ4n) is 0.956. The van der Waals surface area contributed by atoms with E-state index in [0.717, 1.165) is 5.56 Å². The summed E-state index contributed by atoms with van der Waals surface area (Å²) in [5, 5.41) is 0. The lowest BCUT2D eigenvalue weighted by Gasteiger charge is -2.06. The van der Waals surface area contributed by atoms with E-state index in [1.54, 1.807) is 19.2 Å². The van der Waals surface area contributed by atoms with Crippen molar-refractivity contribution in [2.45, 2.75) is 6.92 Å². The molecule has 0 radical (unpaired) electrons. The van der Waals surface area contributed by atoms with Crippen molar-refractivity contribution in [1.29, 1.82) is 0 Å². The van der Waals surface area contributed by atoms with Gasteiger partial charge in [-0.25, -0.2) is 4.39 Å². The van der Waals surface area contributed by atoms with E-state index in [1.165, 1.54) is 6.07 Å². The Morgan fingerprint density at radius 2 is 2.08 bits per heavy atom. The zero-order valence-corrected chi connectivity index (χ0v) is 7.84. The quantitative estimate of drug-likeness (QED) is 0.667. The summed E-state index contributed by atoms with van der Waals surface area (Å²) in [5.41, 5.74) is 0.980. The third kappa shape index (κ3) is 3.03. The van der Waals surface area contributed by atoms with Crippen LogP contribution in [0.1, 0.15) is 5.56 Å². The van der Waals surface area contributed by atoms with Gasteiger partial charge in [0, 0.05) is 7.11 Å². The number of ether oxygens (including phenoxy) is 2. The third-order valence-corrected chi connectivity index (χ3v) is 1.63. The molecule has 0 aliphatic carbocycles. The van der Waals surface area contributed by atoms with Gasteiger partial charge < -0.3 is 9.47 Å². The van der Waals surface area contributed by atoms with Crippen molar-refractivity contribution in [2.24, 2.45) is 0 Å². The molecule has 72 valence electrons. The molecule has 0 aromatic heterocycles. The van der Waals surface area contributed by atoms with Crippen LogP contribution in [0.15, 0.2) is 18.2 Å². The van der Waals surface area contributed by atoms with Crippen LogP contribution < -0.4 is 4.74 Å². The van der Waals surface area contributed by atoms with Crippen molar-refractivity contribution >= 4 is 0 Å². The van der Waals surface area contributed by atoms with Gasteiger partial charge in [-0.2, -0.15) is 0 Å². The second-order valence-electron chi connectivity index (χ2n) is 2.78. The molecule has 0 bridgehead atoms. The van der Waals surface area contributed by atoms with Crippen LogP contribution in [0.2, 0.25) is 0 Å². The van der Waals surface area contributed by atoms with E-state index in [2.05, 4.69) is 0 Å². The van der Waals surface area contributed by atoms with Crippen LogP contribution in [0.25, 0.3) is 0 Å². The Labute approximate surface area is 77.3 Å². The highest BCUT2D eigenvalue weighted by Gasteiger charge is 2.02. The maximum Gasteiger partial charge on any atom is 0.165 e. The Bertz CT molecular complexity index is 274. The molecule has 0 aliphatic rings. The van der Waals surface area contributed by atoms with Crippen molar-refractivity contribution in [1.82, 2.24) is 0 Å². The number of rotatable bonds is 4. The molecule has 0 atom stereocenters. The molecule has 0 unspecified atom stereocenters. The van der Waals surface area contributed by atoms with Crippen LogP contribution in [0.4, 0.5) is 4.39 Å². The van der Waals surface area contributed by atoms with Gasteiger partial charge in [0.1, 0.15) is 6.61 Å². The van der Waals surface area contributed by atoms with Gasteiger partial charge in [-0.3, -0.25) is 0 Å². The Hall–Kier alpha value is -1.09. The molecule has 0 spiro atoms. The standard InChI is InChI=1S/C10H13FO2/c1-8-3-4-9(11)10(7-8)13-6-5-12-2/h3-4,7H,5-6H2,1-2H3. The molecule has 1 rings (SSSR count). The average Bonchev–Trinajstić information content (AvgIpc) is 2.11. The van der Waals surface area contributed by atoms with Gasteiger partial charge in [-0.1, -0.05) is 6.07 Å². The number of aryl methyl sites for hydroxylation is 1. The highest BCUT2D eigenvalue weighted by molar-refractivity contribution is 5.29. The van der Waals surface area contributed by atoms with E-state index in [-0.39, 0.29) is 11.6 Å². The first-order valence-corrected chi connectivity index (χ1v) is 4.12. The van der Waals surface area contributed by atoms with Crippen molar-refractivity contribution in [3.63, 3.8) is 0 Å². The Morgan fingerprint density at radius 1 is 1.31 bits per heavy atom. The van der Waals surface area contributed by atoms with Gasteiger partial charge in [0.2, 0.25) is 0 Å². The molecule has 2 nitrogen and oxygen atoms in total. The molecule has 1 aromatic carbocycles. The lowest BCUT2D eigenvalue weighted by Crippen LogP contribution is -2.05. The molecule has 0 saturated carbocycles. The van der Waals surface area contributed by atoms with Crippen LogP contribution in [0, 0.1) is 12.7 Å². The second-order valence-corrected chi connectivity index (χ2v) is 2.78. The molecule has 1 aromatic rings. The summed E-state index contributed by atoms with van der Waals surface area (Å²) in [5.74, 6) is -0.0428. The molecule has 13 heavy (non-hydrogen) atoms. The van der Waals surface area contributed by atoms with Gasteiger partial charge in [0.25, 0.3) is 0 Å². The molecule has 3 heteroatoms. The fourth-order valence-corrected chi connectivity index (χ4v) is 0.956. The van der Waals surface area contributed by atoms with Crippen molar-refractivity contribution in [3.8, 4) is 5.75 Å². The molecular weight excluding hydrogens is 171 g/mol. The normalized spacial score (nSPS) is 10.1. The van der Waals surface area contributed by atoms with Crippen molar-refractivity contribution in [3.05, 3.63) is 29.6 Å². The number of benzene rings is 1. The van der Waals surface area contributed by atoms with Crippen LogP contribution in [0.5, 0.6) is 5.75 Å². The van der Waals surface area contributed by atoms with Crippen LogP contribution in [0.3, 0.4) is 0 Å². The SMILES string of the molecule is COCCOc1cc(C)ccc1F. The molecule has 0 fully saturated rings. The number of hydrogen-bond donors (Lipinski definition) is 0. The fraction of sp³-hybridized carbons (Fsp3) is 0.400. The molecule has 0 saturated heterocycles. The predicted octanol–water partition coefficient (Wildman–Crippen LogP) is 2.16. The lowest BCUT2D eigenvalue weighted by atomic mass is 10.2. The van der Waals surface area contributed by atoms with Crippen molar-refractivity contribution in [2.75, 3.05) is 20.3 Å². The summed E-state index contributed by atoms with van der Waals surface area (Å²) >= 11 is 0. The summed E-state index contributed by atoms with van der Waals surface area (Å²) in [6.07, 6.45) is 0. The third-order valence-electron chi connectivity index (χ3n) is 1.63. The summed E-state index contributed by atoms with van der Waals surface area (Å²) in [6, 6.07) is 4.78. The monoisotopic (exact) mass is 184 g/mol. The zero-order valence-electron chi connectivity index (χ0n) is 7.84. The van der Waals surface area contributed by atoms with Crippen LogP contribution in [-0.4, -0.2) is 20.3 Å². The van der Waals surface area contributed by atoms with Gasteiger partial charge in [-0.05, 0) is 24.6 Å². The minimum absolute atomic E-state index is 0.289. The second kappa shape index (κ2) is 4.82. The minimum atomic E-state index is -0.332. The van der Waals surface area contributed by atoms with E-state index in [0.29, 0.717) is 13.2 Å². The zero-order chi connectivity index (χ0) is 9.68. The van der Waals surface area contributed by atoms with E-state index in [9.17, 15) is 4.39 Å². The van der Waals surface area contributed by atoms with Gasteiger partial charge >= 0.3 is 0 Å². The van der Waals surface area contributed by atoms with E-state index < -0.39 is 0 Å². The highest BCUT2D eigenvalue weighted by Crippen LogP contribution is 2.17. The van der Waals surface area contributed by atoms with Crippen LogP contribution in [-0.2, 0) is 4.74 Å². The Morgan fingerprint density at radius 3 is 2.77 bits per heavy atom. The molecule has 0 aliphatic heterocycles. The van der Waals surface area contributed by atoms with Crippen LogP contribution >= 0.6 is 0 Å². The number of hydrogen-bond acceptors (Lipinski definition) is 2. The molecule has 0 N–H and O–H groups in total. The first kappa shape index (κ1) is 9.99. The van der Waals surface area contributed by atoms with E-state index >= 15 is 0 Å². The molecular formula is C10H13FO2. The Balaban J connectivity index is 2.59. The summed E-state index contributed by atoms with van der Waals surface area (Å²) in [6.45, 7) is 2.73. The summed E-state index contributed by atoms with van der Waals surface area (Å²) in [4.78, 5) is 0. The summed E-state index contributed by atoms with van der Waals surface area (Å²) in [7, 11) is 1.58. The van der Waals surface area contributed by atoms with Gasteiger partial charge in [0.05, 0.1) is 6.61 Å². The average molecular weight is 184 g/mol. The maximum atomic E-state index is 13.0. The lowest BCUT2D eigenvalue weighted by molar-refractivity contribution is 0.144. The van der Waals surface area contributed by atoms with E-state index in [1.807, 2.05) is 6.92 Å². The van der Waals surface area contributed by atoms with Gasteiger partial charge in [0.15, 0.2) is 11.6 Å². The molecule has 0 amide bonds. The molecule has 0 heterocycles. The first-order valence-electron chi connectivity index (χ1n) is 4.12. The number of halogens is 1. The predicted molar refractivity (Wildman–Crippen MR) is 48.5 cm³/mol. The minimum Gasteiger partial charge on any atom is -0.488 e. The van der Waals surface area contributed by atoms with Gasteiger partial charge in [-0.15, -0.1) is 0 Å².